The molecule has 1 aromatic carbocycles. The van der Waals surface area contributed by atoms with Gasteiger partial charge in [-0.1, -0.05) is 23.2 Å². The Balaban J connectivity index is 1.65. The average molecular weight is 411 g/mol. The first-order chi connectivity index (χ1) is 13.0. The minimum absolute atomic E-state index is 0.0582. The first kappa shape index (κ1) is 19.3. The van der Waals surface area contributed by atoms with Crippen LogP contribution in [0.25, 0.3) is 0 Å². The van der Waals surface area contributed by atoms with Gasteiger partial charge in [0.25, 0.3) is 0 Å². The minimum Gasteiger partial charge on any atom is -0.490 e. The number of carbonyl (C=O) groups is 2. The molecule has 0 N–H and O–H groups in total. The Labute approximate surface area is 165 Å². The van der Waals surface area contributed by atoms with E-state index in [1.807, 2.05) is 0 Å². The molecule has 27 heavy (non-hydrogen) atoms. The molecule has 0 bridgehead atoms. The Bertz CT molecular complexity index is 868. The lowest BCUT2D eigenvalue weighted by atomic mass is 10.1. The van der Waals surface area contributed by atoms with Gasteiger partial charge < -0.3 is 9.47 Å². The summed E-state index contributed by atoms with van der Waals surface area (Å²) in [5.74, 6) is -0.176. The largest absolute Gasteiger partial charge is 0.490 e. The maximum absolute atomic E-state index is 12.4. The molecule has 0 fully saturated rings. The Morgan fingerprint density at radius 3 is 2.85 bits per heavy atom. The normalized spacial score (nSPS) is 14.0. The molecule has 0 saturated carbocycles. The first-order valence-electron chi connectivity index (χ1n) is 8.32. The summed E-state index contributed by atoms with van der Waals surface area (Å²) in [7, 11) is 0. The third-order valence-electron chi connectivity index (χ3n) is 3.80. The van der Waals surface area contributed by atoms with Crippen LogP contribution >= 0.6 is 23.2 Å². The molecule has 3 rings (SSSR count). The van der Waals surface area contributed by atoms with E-state index < -0.39 is 5.97 Å². The quantitative estimate of drug-likeness (QED) is 0.510. The number of hydrogen-bond acceptors (Lipinski definition) is 7. The molecule has 0 unspecified atom stereocenters. The van der Waals surface area contributed by atoms with E-state index in [1.54, 1.807) is 0 Å². The number of aromatic nitrogens is 4. The summed E-state index contributed by atoms with van der Waals surface area (Å²) in [5.41, 5.74) is 0.118. The number of halogens is 2. The van der Waals surface area contributed by atoms with Gasteiger partial charge in [-0.3, -0.25) is 4.79 Å². The molecular formula is C17H16Cl2N4O4. The van der Waals surface area contributed by atoms with E-state index in [2.05, 4.69) is 15.4 Å². The number of allylic oxidation sites excluding steroid dienone is 2. The molecule has 1 heterocycles. The third kappa shape index (κ3) is 5.05. The number of carbonyl (C=O) groups excluding carboxylic acids is 2. The fourth-order valence-corrected chi connectivity index (χ4v) is 3.07. The average Bonchev–Trinajstić information content (AvgIpc) is 3.14. The van der Waals surface area contributed by atoms with Crippen LogP contribution in [0.4, 0.5) is 0 Å². The molecule has 0 spiro atoms. The third-order valence-corrected chi connectivity index (χ3v) is 4.47. The van der Waals surface area contributed by atoms with Crippen molar-refractivity contribution in [2.45, 2.75) is 32.2 Å². The number of hydrogen-bond donors (Lipinski definition) is 0. The van der Waals surface area contributed by atoms with Gasteiger partial charge in [0.05, 0.1) is 28.8 Å². The van der Waals surface area contributed by atoms with Gasteiger partial charge >= 0.3 is 5.97 Å². The number of rotatable bonds is 7. The predicted octanol–water partition coefficient (Wildman–Crippen LogP) is 3.24. The van der Waals surface area contributed by atoms with Gasteiger partial charge in [0.1, 0.15) is 5.76 Å². The maximum Gasteiger partial charge on any atom is 0.344 e. The second-order valence-corrected chi connectivity index (χ2v) is 6.58. The molecule has 0 atom stereocenters. The monoisotopic (exact) mass is 410 g/mol. The van der Waals surface area contributed by atoms with Crippen molar-refractivity contribution in [1.82, 2.24) is 20.2 Å². The van der Waals surface area contributed by atoms with Crippen LogP contribution in [0.1, 0.15) is 36.0 Å². The van der Waals surface area contributed by atoms with Crippen LogP contribution in [0.15, 0.2) is 30.3 Å². The molecule has 1 aliphatic carbocycles. The second kappa shape index (κ2) is 8.96. The highest BCUT2D eigenvalue weighted by Crippen LogP contribution is 2.36. The Kier molecular flexibility index (Phi) is 6.41. The summed E-state index contributed by atoms with van der Waals surface area (Å²) in [6.07, 6.45) is 4.93. The van der Waals surface area contributed by atoms with Gasteiger partial charge in [0, 0.05) is 25.3 Å². The topological polar surface area (TPSA) is 96.2 Å². The molecule has 0 saturated heterocycles. The smallest absolute Gasteiger partial charge is 0.344 e. The summed E-state index contributed by atoms with van der Waals surface area (Å²) in [5, 5.41) is 11.6. The van der Waals surface area contributed by atoms with Crippen molar-refractivity contribution in [3.05, 3.63) is 45.9 Å². The summed E-state index contributed by atoms with van der Waals surface area (Å²) >= 11 is 12.4. The SMILES string of the molecule is O=C1C=C(OC(=O)c2ccc(Cl)c(OCCCn3ncnn3)c2Cl)CCC1. The zero-order valence-electron chi connectivity index (χ0n) is 14.2. The van der Waals surface area contributed by atoms with Gasteiger partial charge in [-0.15, -0.1) is 10.2 Å². The fourth-order valence-electron chi connectivity index (χ4n) is 2.51. The second-order valence-electron chi connectivity index (χ2n) is 5.79. The summed E-state index contributed by atoms with van der Waals surface area (Å²) in [4.78, 5) is 25.3. The van der Waals surface area contributed by atoms with Crippen molar-refractivity contribution in [3.8, 4) is 5.75 Å². The van der Waals surface area contributed by atoms with Crippen LogP contribution in [-0.4, -0.2) is 38.6 Å². The lowest BCUT2D eigenvalue weighted by Crippen LogP contribution is -2.12. The molecule has 0 amide bonds. The van der Waals surface area contributed by atoms with Crippen LogP contribution < -0.4 is 4.74 Å². The van der Waals surface area contributed by atoms with E-state index in [1.165, 1.54) is 29.3 Å². The molecular weight excluding hydrogens is 395 g/mol. The van der Waals surface area contributed by atoms with Crippen LogP contribution in [0.3, 0.4) is 0 Å². The summed E-state index contributed by atoms with van der Waals surface area (Å²) in [6, 6.07) is 2.98. The number of tetrazole rings is 1. The van der Waals surface area contributed by atoms with Crippen LogP contribution in [0.2, 0.25) is 10.0 Å². The first-order valence-corrected chi connectivity index (χ1v) is 9.07. The lowest BCUT2D eigenvalue weighted by molar-refractivity contribution is -0.115. The van der Waals surface area contributed by atoms with Gasteiger partial charge in [-0.2, -0.15) is 4.80 Å². The lowest BCUT2D eigenvalue weighted by Gasteiger charge is -2.15. The van der Waals surface area contributed by atoms with Crippen LogP contribution in [-0.2, 0) is 16.1 Å². The zero-order chi connectivity index (χ0) is 19.2. The molecule has 8 nitrogen and oxygen atoms in total. The highest BCUT2D eigenvalue weighted by Gasteiger charge is 2.21. The number of benzene rings is 1. The summed E-state index contributed by atoms with van der Waals surface area (Å²) < 4.78 is 10.9. The fraction of sp³-hybridized carbons (Fsp3) is 0.353. The van der Waals surface area contributed by atoms with Crippen LogP contribution in [0, 0.1) is 0 Å². The van der Waals surface area contributed by atoms with Crippen molar-refractivity contribution in [2.24, 2.45) is 0 Å². The van der Waals surface area contributed by atoms with Gasteiger partial charge in [-0.25, -0.2) is 4.79 Å². The molecule has 1 aromatic heterocycles. The maximum atomic E-state index is 12.4. The number of ether oxygens (including phenoxy) is 2. The highest BCUT2D eigenvalue weighted by molar-refractivity contribution is 6.39. The molecule has 2 aromatic rings. The van der Waals surface area contributed by atoms with Crippen molar-refractivity contribution >= 4 is 35.0 Å². The molecule has 0 radical (unpaired) electrons. The van der Waals surface area contributed by atoms with E-state index in [4.69, 9.17) is 32.7 Å². The Morgan fingerprint density at radius 2 is 2.11 bits per heavy atom. The number of esters is 1. The minimum atomic E-state index is -0.658. The van der Waals surface area contributed by atoms with Gasteiger partial charge in [0.2, 0.25) is 0 Å². The van der Waals surface area contributed by atoms with E-state index in [9.17, 15) is 9.59 Å². The summed E-state index contributed by atoms with van der Waals surface area (Å²) in [6.45, 7) is 0.804. The standard InChI is InChI=1S/C17H16Cl2N4O4/c18-14-6-5-13(17(25)27-12-4-1-3-11(24)9-12)15(19)16(14)26-8-2-7-23-21-10-20-22-23/h5-6,9-10H,1-4,7-8H2. The van der Waals surface area contributed by atoms with Gasteiger partial charge in [0.15, 0.2) is 17.9 Å². The Hall–Kier alpha value is -2.45. The number of nitrogens with zero attached hydrogens (tertiary/aromatic N) is 4. The highest BCUT2D eigenvalue weighted by atomic mass is 35.5. The van der Waals surface area contributed by atoms with Crippen molar-refractivity contribution in [2.75, 3.05) is 6.61 Å². The molecule has 1 aliphatic rings. The van der Waals surface area contributed by atoms with Crippen molar-refractivity contribution < 1.29 is 19.1 Å². The Morgan fingerprint density at radius 1 is 1.26 bits per heavy atom. The van der Waals surface area contributed by atoms with Crippen molar-refractivity contribution in [1.29, 1.82) is 0 Å². The van der Waals surface area contributed by atoms with Crippen molar-refractivity contribution in [3.63, 3.8) is 0 Å². The number of ketones is 1. The van der Waals surface area contributed by atoms with E-state index in [0.29, 0.717) is 44.6 Å². The zero-order valence-corrected chi connectivity index (χ0v) is 15.7. The molecule has 10 heteroatoms. The van der Waals surface area contributed by atoms with E-state index >= 15 is 0 Å². The van der Waals surface area contributed by atoms with Crippen LogP contribution in [0.5, 0.6) is 5.75 Å². The van der Waals surface area contributed by atoms with Gasteiger partial charge in [-0.05, 0) is 23.8 Å². The van der Waals surface area contributed by atoms with E-state index in [-0.39, 0.29) is 27.1 Å². The number of aryl methyl sites for hydroxylation is 1. The molecule has 0 aliphatic heterocycles. The molecule has 142 valence electrons. The van der Waals surface area contributed by atoms with E-state index in [0.717, 1.165) is 0 Å². The predicted molar refractivity (Wildman–Crippen MR) is 96.7 cm³/mol.